The van der Waals surface area contributed by atoms with Crippen LogP contribution in [0.15, 0.2) is 23.0 Å². The SMILES string of the molecule is CC(C)=CCSc1ncc(CCl)n1C. The lowest BCUT2D eigenvalue weighted by atomic mass is 10.3. The van der Waals surface area contributed by atoms with E-state index in [1.807, 2.05) is 17.8 Å². The zero-order valence-electron chi connectivity index (χ0n) is 8.75. The molecular formula is C10H15ClN2S. The Bertz CT molecular complexity index is 327. The number of alkyl halides is 1. The Morgan fingerprint density at radius 1 is 1.64 bits per heavy atom. The Balaban J connectivity index is 2.59. The lowest BCUT2D eigenvalue weighted by Crippen LogP contribution is -1.95. The number of halogens is 1. The lowest BCUT2D eigenvalue weighted by Gasteiger charge is -2.01. The van der Waals surface area contributed by atoms with E-state index in [0.29, 0.717) is 5.88 Å². The second-order valence-electron chi connectivity index (χ2n) is 3.32. The van der Waals surface area contributed by atoms with Gasteiger partial charge in [0.2, 0.25) is 0 Å². The molecule has 1 aromatic rings. The number of nitrogens with zero attached hydrogens (tertiary/aromatic N) is 2. The molecule has 0 fully saturated rings. The second-order valence-corrected chi connectivity index (χ2v) is 4.57. The zero-order chi connectivity index (χ0) is 10.6. The van der Waals surface area contributed by atoms with Crippen molar-refractivity contribution in [3.63, 3.8) is 0 Å². The summed E-state index contributed by atoms with van der Waals surface area (Å²) in [4.78, 5) is 4.30. The van der Waals surface area contributed by atoms with Gasteiger partial charge in [0, 0.05) is 12.8 Å². The second kappa shape index (κ2) is 5.47. The minimum Gasteiger partial charge on any atom is -0.325 e. The molecule has 0 amide bonds. The Labute approximate surface area is 94.4 Å². The van der Waals surface area contributed by atoms with Gasteiger partial charge in [0.15, 0.2) is 5.16 Å². The fourth-order valence-electron chi connectivity index (χ4n) is 0.967. The van der Waals surface area contributed by atoms with Crippen molar-refractivity contribution in [2.24, 2.45) is 7.05 Å². The van der Waals surface area contributed by atoms with Crippen LogP contribution < -0.4 is 0 Å². The fraction of sp³-hybridized carbons (Fsp3) is 0.500. The van der Waals surface area contributed by atoms with Crippen LogP contribution in [-0.4, -0.2) is 15.3 Å². The highest BCUT2D eigenvalue weighted by molar-refractivity contribution is 7.99. The molecule has 78 valence electrons. The molecule has 1 heterocycles. The lowest BCUT2D eigenvalue weighted by molar-refractivity contribution is 0.761. The summed E-state index contributed by atoms with van der Waals surface area (Å²) in [6, 6.07) is 0. The zero-order valence-corrected chi connectivity index (χ0v) is 10.3. The minimum absolute atomic E-state index is 0.521. The van der Waals surface area contributed by atoms with Crippen LogP contribution in [0.25, 0.3) is 0 Å². The maximum atomic E-state index is 5.75. The molecule has 1 rings (SSSR count). The Hall–Kier alpha value is -0.410. The van der Waals surface area contributed by atoms with Crippen molar-refractivity contribution in [1.82, 2.24) is 9.55 Å². The standard InChI is InChI=1S/C10H15ClN2S/c1-8(2)4-5-14-10-12-7-9(6-11)13(10)3/h4,7H,5-6H2,1-3H3. The maximum Gasteiger partial charge on any atom is 0.168 e. The number of rotatable bonds is 4. The number of allylic oxidation sites excluding steroid dienone is 1. The fourth-order valence-corrected chi connectivity index (χ4v) is 2.22. The van der Waals surface area contributed by atoms with Gasteiger partial charge in [-0.15, -0.1) is 11.6 Å². The third kappa shape index (κ3) is 3.07. The van der Waals surface area contributed by atoms with Crippen molar-refractivity contribution in [1.29, 1.82) is 0 Å². The first-order chi connectivity index (χ1) is 6.65. The molecule has 0 N–H and O–H groups in total. The molecule has 4 heteroatoms. The molecule has 0 atom stereocenters. The van der Waals surface area contributed by atoms with Crippen LogP contribution in [0.2, 0.25) is 0 Å². The summed E-state index contributed by atoms with van der Waals surface area (Å²) in [5, 5.41) is 1.03. The van der Waals surface area contributed by atoms with Crippen LogP contribution in [0.5, 0.6) is 0 Å². The largest absolute Gasteiger partial charge is 0.325 e. The van der Waals surface area contributed by atoms with Crippen molar-refractivity contribution in [3.05, 3.63) is 23.5 Å². The van der Waals surface area contributed by atoms with Gasteiger partial charge in [-0.05, 0) is 13.8 Å². The van der Waals surface area contributed by atoms with Crippen LogP contribution in [-0.2, 0) is 12.9 Å². The van der Waals surface area contributed by atoms with Crippen molar-refractivity contribution in [2.75, 3.05) is 5.75 Å². The third-order valence-corrected chi connectivity index (χ3v) is 3.13. The van der Waals surface area contributed by atoms with Crippen LogP contribution >= 0.6 is 23.4 Å². The van der Waals surface area contributed by atoms with Gasteiger partial charge in [0.1, 0.15) is 0 Å². The van der Waals surface area contributed by atoms with Crippen LogP contribution in [0.1, 0.15) is 19.5 Å². The Morgan fingerprint density at radius 2 is 2.36 bits per heavy atom. The molecule has 14 heavy (non-hydrogen) atoms. The first-order valence-electron chi connectivity index (χ1n) is 4.48. The molecule has 0 saturated heterocycles. The van der Waals surface area contributed by atoms with Gasteiger partial charge in [-0.25, -0.2) is 4.98 Å². The molecule has 0 aromatic carbocycles. The number of hydrogen-bond acceptors (Lipinski definition) is 2. The van der Waals surface area contributed by atoms with E-state index in [9.17, 15) is 0 Å². The molecule has 0 bridgehead atoms. The van der Waals surface area contributed by atoms with E-state index in [-0.39, 0.29) is 0 Å². The highest BCUT2D eigenvalue weighted by Crippen LogP contribution is 2.18. The third-order valence-electron chi connectivity index (χ3n) is 1.88. The molecule has 0 unspecified atom stereocenters. The monoisotopic (exact) mass is 230 g/mol. The number of hydrogen-bond donors (Lipinski definition) is 0. The molecular weight excluding hydrogens is 216 g/mol. The minimum atomic E-state index is 0.521. The Kier molecular flexibility index (Phi) is 4.55. The highest BCUT2D eigenvalue weighted by atomic mass is 35.5. The maximum absolute atomic E-state index is 5.75. The molecule has 0 aliphatic rings. The van der Waals surface area contributed by atoms with Crippen LogP contribution in [0.4, 0.5) is 0 Å². The average Bonchev–Trinajstić information content (AvgIpc) is 2.47. The first-order valence-corrected chi connectivity index (χ1v) is 6.00. The van der Waals surface area contributed by atoms with Crippen LogP contribution in [0.3, 0.4) is 0 Å². The number of imidazole rings is 1. The summed E-state index contributed by atoms with van der Waals surface area (Å²) in [7, 11) is 2.00. The van der Waals surface area contributed by atoms with Crippen molar-refractivity contribution >= 4 is 23.4 Å². The summed E-state index contributed by atoms with van der Waals surface area (Å²) in [5.74, 6) is 1.49. The van der Waals surface area contributed by atoms with E-state index in [4.69, 9.17) is 11.6 Å². The van der Waals surface area contributed by atoms with E-state index in [0.717, 1.165) is 16.6 Å². The van der Waals surface area contributed by atoms with Crippen molar-refractivity contribution in [3.8, 4) is 0 Å². The van der Waals surface area contributed by atoms with E-state index in [1.54, 1.807) is 11.8 Å². The summed E-state index contributed by atoms with van der Waals surface area (Å²) in [5.41, 5.74) is 2.40. The quantitative estimate of drug-likeness (QED) is 0.449. The van der Waals surface area contributed by atoms with E-state index >= 15 is 0 Å². The molecule has 1 aromatic heterocycles. The summed E-state index contributed by atoms with van der Waals surface area (Å²) < 4.78 is 2.04. The average molecular weight is 231 g/mol. The molecule has 0 spiro atoms. The van der Waals surface area contributed by atoms with Gasteiger partial charge in [0.25, 0.3) is 0 Å². The molecule has 0 saturated carbocycles. The van der Waals surface area contributed by atoms with Gasteiger partial charge >= 0.3 is 0 Å². The van der Waals surface area contributed by atoms with Crippen molar-refractivity contribution < 1.29 is 0 Å². The molecule has 0 aliphatic carbocycles. The molecule has 2 nitrogen and oxygen atoms in total. The molecule has 0 radical (unpaired) electrons. The van der Waals surface area contributed by atoms with Gasteiger partial charge in [-0.3, -0.25) is 0 Å². The Morgan fingerprint density at radius 3 is 2.86 bits per heavy atom. The van der Waals surface area contributed by atoms with Gasteiger partial charge in [-0.2, -0.15) is 0 Å². The summed E-state index contributed by atoms with van der Waals surface area (Å²) in [6.45, 7) is 4.20. The molecule has 0 aliphatic heterocycles. The summed E-state index contributed by atoms with van der Waals surface area (Å²) in [6.07, 6.45) is 4.03. The van der Waals surface area contributed by atoms with E-state index in [1.165, 1.54) is 5.57 Å². The first kappa shape index (κ1) is 11.7. The number of thioether (sulfide) groups is 1. The number of aromatic nitrogens is 2. The predicted molar refractivity (Wildman–Crippen MR) is 62.9 cm³/mol. The van der Waals surface area contributed by atoms with Crippen LogP contribution in [0, 0.1) is 0 Å². The summed E-state index contributed by atoms with van der Waals surface area (Å²) >= 11 is 7.48. The van der Waals surface area contributed by atoms with Gasteiger partial charge < -0.3 is 4.57 Å². The smallest absolute Gasteiger partial charge is 0.168 e. The predicted octanol–water partition coefficient (Wildman–Crippen LogP) is 3.22. The van der Waals surface area contributed by atoms with E-state index < -0.39 is 0 Å². The van der Waals surface area contributed by atoms with Gasteiger partial charge in [-0.1, -0.05) is 23.4 Å². The topological polar surface area (TPSA) is 17.8 Å². The van der Waals surface area contributed by atoms with E-state index in [2.05, 4.69) is 24.9 Å². The normalized spacial score (nSPS) is 10.3. The van der Waals surface area contributed by atoms with Gasteiger partial charge in [0.05, 0.1) is 17.8 Å². The van der Waals surface area contributed by atoms with Crippen molar-refractivity contribution in [2.45, 2.75) is 24.9 Å². The highest BCUT2D eigenvalue weighted by Gasteiger charge is 2.04.